The number of nitrogens with one attached hydrogen (secondary N) is 2. The van der Waals surface area contributed by atoms with Gasteiger partial charge in [-0.1, -0.05) is 20.3 Å². The first kappa shape index (κ1) is 13.3. The number of fused-ring (bicyclic) bond motifs is 1. The summed E-state index contributed by atoms with van der Waals surface area (Å²) in [7, 11) is 0. The van der Waals surface area contributed by atoms with E-state index in [0.29, 0.717) is 11.5 Å². The molecular weight excluding hydrogens is 252 g/mol. The maximum absolute atomic E-state index is 11.7. The van der Waals surface area contributed by atoms with Gasteiger partial charge in [0.05, 0.1) is 5.69 Å². The minimum atomic E-state index is -0.421. The predicted molar refractivity (Wildman–Crippen MR) is 80.2 cm³/mol. The normalized spacial score (nSPS) is 27.4. The van der Waals surface area contributed by atoms with Crippen LogP contribution in [-0.2, 0) is 4.79 Å². The van der Waals surface area contributed by atoms with E-state index >= 15 is 0 Å². The Morgan fingerprint density at radius 1 is 1.40 bits per heavy atom. The number of benzene rings is 1. The Morgan fingerprint density at radius 3 is 2.90 bits per heavy atom. The molecule has 2 N–H and O–H groups in total. The van der Waals surface area contributed by atoms with Crippen LogP contribution in [0, 0.1) is 5.41 Å². The fourth-order valence-corrected chi connectivity index (χ4v) is 3.09. The van der Waals surface area contributed by atoms with Gasteiger partial charge in [-0.15, -0.1) is 0 Å². The molecule has 0 radical (unpaired) electrons. The molecule has 1 aromatic rings. The third kappa shape index (κ3) is 2.35. The monoisotopic (exact) mass is 274 g/mol. The number of anilines is 2. The van der Waals surface area contributed by atoms with Gasteiger partial charge in [0.25, 0.3) is 5.91 Å². The van der Waals surface area contributed by atoms with Gasteiger partial charge in [-0.25, -0.2) is 0 Å². The molecular formula is C16H22N2O2. The van der Waals surface area contributed by atoms with E-state index in [2.05, 4.69) is 24.5 Å². The maximum atomic E-state index is 11.7. The van der Waals surface area contributed by atoms with Crippen LogP contribution >= 0.6 is 0 Å². The smallest absolute Gasteiger partial charge is 0.265 e. The SMILES string of the molecule is CC1Oc2ccc(NC3CCCC3(C)C)cc2NC1=O. The lowest BCUT2D eigenvalue weighted by Crippen LogP contribution is -2.34. The fourth-order valence-electron chi connectivity index (χ4n) is 3.09. The van der Waals surface area contributed by atoms with Crippen LogP contribution in [0.4, 0.5) is 11.4 Å². The molecule has 1 amide bonds. The zero-order chi connectivity index (χ0) is 14.3. The molecule has 0 bridgehead atoms. The Hall–Kier alpha value is -1.71. The molecule has 1 aliphatic heterocycles. The lowest BCUT2D eigenvalue weighted by atomic mass is 9.87. The number of amides is 1. The largest absolute Gasteiger partial charge is 0.479 e. The summed E-state index contributed by atoms with van der Waals surface area (Å²) >= 11 is 0. The van der Waals surface area contributed by atoms with Crippen LogP contribution in [0.2, 0.25) is 0 Å². The van der Waals surface area contributed by atoms with Crippen molar-refractivity contribution in [3.05, 3.63) is 18.2 Å². The molecule has 108 valence electrons. The van der Waals surface area contributed by atoms with E-state index in [-0.39, 0.29) is 5.91 Å². The number of carbonyl (C=O) groups is 1. The van der Waals surface area contributed by atoms with Crippen molar-refractivity contribution < 1.29 is 9.53 Å². The van der Waals surface area contributed by atoms with Gasteiger partial charge in [-0.3, -0.25) is 4.79 Å². The summed E-state index contributed by atoms with van der Waals surface area (Å²) in [6, 6.07) is 6.40. The molecule has 1 aromatic carbocycles. The molecule has 0 spiro atoms. The summed E-state index contributed by atoms with van der Waals surface area (Å²) < 4.78 is 5.57. The Kier molecular flexibility index (Phi) is 3.11. The van der Waals surface area contributed by atoms with Crippen molar-refractivity contribution in [1.82, 2.24) is 0 Å². The van der Waals surface area contributed by atoms with Crippen molar-refractivity contribution in [2.24, 2.45) is 5.41 Å². The predicted octanol–water partition coefficient (Wildman–Crippen LogP) is 3.40. The lowest BCUT2D eigenvalue weighted by molar-refractivity contribution is -0.122. The van der Waals surface area contributed by atoms with Gasteiger partial charge in [-0.2, -0.15) is 0 Å². The third-order valence-electron chi connectivity index (χ3n) is 4.51. The van der Waals surface area contributed by atoms with Gasteiger partial charge in [0.15, 0.2) is 6.10 Å². The van der Waals surface area contributed by atoms with Crippen molar-refractivity contribution in [2.75, 3.05) is 10.6 Å². The van der Waals surface area contributed by atoms with Crippen LogP contribution in [0.5, 0.6) is 5.75 Å². The molecule has 2 atom stereocenters. The highest BCUT2D eigenvalue weighted by atomic mass is 16.5. The number of carbonyl (C=O) groups excluding carboxylic acids is 1. The maximum Gasteiger partial charge on any atom is 0.265 e. The zero-order valence-electron chi connectivity index (χ0n) is 12.3. The van der Waals surface area contributed by atoms with E-state index in [4.69, 9.17) is 4.74 Å². The minimum Gasteiger partial charge on any atom is -0.479 e. The third-order valence-corrected chi connectivity index (χ3v) is 4.51. The molecule has 1 heterocycles. The highest BCUT2D eigenvalue weighted by molar-refractivity contribution is 5.98. The zero-order valence-corrected chi connectivity index (χ0v) is 12.3. The first-order valence-corrected chi connectivity index (χ1v) is 7.34. The van der Waals surface area contributed by atoms with Gasteiger partial charge in [0.1, 0.15) is 5.75 Å². The van der Waals surface area contributed by atoms with Crippen molar-refractivity contribution in [3.63, 3.8) is 0 Å². The average Bonchev–Trinajstić information content (AvgIpc) is 2.71. The number of hydrogen-bond donors (Lipinski definition) is 2. The average molecular weight is 274 g/mol. The molecule has 3 rings (SSSR count). The Balaban J connectivity index is 1.79. The quantitative estimate of drug-likeness (QED) is 0.869. The molecule has 2 aliphatic rings. The molecule has 1 saturated carbocycles. The number of rotatable bonds is 2. The number of hydrogen-bond acceptors (Lipinski definition) is 3. The molecule has 2 unspecified atom stereocenters. The van der Waals surface area contributed by atoms with E-state index < -0.39 is 6.10 Å². The van der Waals surface area contributed by atoms with Gasteiger partial charge in [0.2, 0.25) is 0 Å². The molecule has 1 aliphatic carbocycles. The molecule has 20 heavy (non-hydrogen) atoms. The van der Waals surface area contributed by atoms with E-state index in [1.807, 2.05) is 18.2 Å². The highest BCUT2D eigenvalue weighted by Crippen LogP contribution is 2.40. The first-order chi connectivity index (χ1) is 9.45. The van der Waals surface area contributed by atoms with Crippen molar-refractivity contribution in [1.29, 1.82) is 0 Å². The standard InChI is InChI=1S/C16H22N2O2/c1-10-15(19)18-12-9-11(6-7-13(12)20-10)17-14-5-4-8-16(14,2)3/h6-7,9-10,14,17H,4-5,8H2,1-3H3,(H,18,19). The van der Waals surface area contributed by atoms with E-state index in [1.54, 1.807) is 6.92 Å². The molecule has 0 saturated heterocycles. The minimum absolute atomic E-state index is 0.0872. The van der Waals surface area contributed by atoms with Crippen molar-refractivity contribution in [3.8, 4) is 5.75 Å². The van der Waals surface area contributed by atoms with Crippen LogP contribution in [0.25, 0.3) is 0 Å². The molecule has 4 heteroatoms. The topological polar surface area (TPSA) is 50.4 Å². The second-order valence-corrected chi connectivity index (χ2v) is 6.54. The Bertz CT molecular complexity index is 539. The van der Waals surface area contributed by atoms with Gasteiger partial charge in [0, 0.05) is 11.7 Å². The van der Waals surface area contributed by atoms with Gasteiger partial charge < -0.3 is 15.4 Å². The summed E-state index contributed by atoms with van der Waals surface area (Å²) in [4.78, 5) is 11.7. The first-order valence-electron chi connectivity index (χ1n) is 7.34. The van der Waals surface area contributed by atoms with Gasteiger partial charge in [-0.05, 0) is 43.4 Å². The summed E-state index contributed by atoms with van der Waals surface area (Å²) in [5.41, 5.74) is 2.13. The molecule has 1 fully saturated rings. The Morgan fingerprint density at radius 2 is 2.20 bits per heavy atom. The van der Waals surface area contributed by atoms with Crippen molar-refractivity contribution in [2.45, 2.75) is 52.2 Å². The van der Waals surface area contributed by atoms with Crippen LogP contribution in [0.1, 0.15) is 40.0 Å². The van der Waals surface area contributed by atoms with Crippen LogP contribution < -0.4 is 15.4 Å². The second kappa shape index (κ2) is 4.69. The fraction of sp³-hybridized carbons (Fsp3) is 0.562. The van der Waals surface area contributed by atoms with E-state index in [1.165, 1.54) is 19.3 Å². The summed E-state index contributed by atoms with van der Waals surface area (Å²) in [6.45, 7) is 6.37. The number of ether oxygens (including phenoxy) is 1. The lowest BCUT2D eigenvalue weighted by Gasteiger charge is -2.29. The van der Waals surface area contributed by atoms with Crippen LogP contribution in [-0.4, -0.2) is 18.1 Å². The summed E-state index contributed by atoms with van der Waals surface area (Å²) in [5.74, 6) is 0.657. The van der Waals surface area contributed by atoms with Gasteiger partial charge >= 0.3 is 0 Å². The Labute approximate surface area is 119 Å². The second-order valence-electron chi connectivity index (χ2n) is 6.54. The summed E-state index contributed by atoms with van der Waals surface area (Å²) in [6.07, 6.45) is 3.30. The van der Waals surface area contributed by atoms with E-state index in [0.717, 1.165) is 17.1 Å². The van der Waals surface area contributed by atoms with Crippen LogP contribution in [0.3, 0.4) is 0 Å². The summed E-state index contributed by atoms with van der Waals surface area (Å²) in [5, 5.41) is 6.49. The van der Waals surface area contributed by atoms with Crippen molar-refractivity contribution >= 4 is 17.3 Å². The molecule has 4 nitrogen and oxygen atoms in total. The van der Waals surface area contributed by atoms with Crippen LogP contribution in [0.15, 0.2) is 18.2 Å². The van der Waals surface area contributed by atoms with E-state index in [9.17, 15) is 4.79 Å². The highest BCUT2D eigenvalue weighted by Gasteiger charge is 2.34. The molecule has 0 aromatic heterocycles.